The Hall–Kier alpha value is -2.67. The molecule has 3 rings (SSSR count). The Kier molecular flexibility index (Phi) is 5.37. The van der Waals surface area contributed by atoms with Gasteiger partial charge in [0.15, 0.2) is 5.13 Å². The van der Waals surface area contributed by atoms with Crippen molar-refractivity contribution in [2.75, 3.05) is 5.32 Å². The van der Waals surface area contributed by atoms with Crippen LogP contribution in [0.4, 0.5) is 10.8 Å². The van der Waals surface area contributed by atoms with Gasteiger partial charge in [0.25, 0.3) is 0 Å². The highest BCUT2D eigenvalue weighted by Crippen LogP contribution is 2.23. The smallest absolute Gasteiger partial charge is 0.310 e. The van der Waals surface area contributed by atoms with Crippen LogP contribution in [0.5, 0.6) is 0 Å². The largest absolute Gasteiger partial charge is 0.459 e. The molecule has 0 aliphatic carbocycles. The van der Waals surface area contributed by atoms with Gasteiger partial charge in [-0.3, -0.25) is 4.79 Å². The van der Waals surface area contributed by atoms with Crippen molar-refractivity contribution in [3.63, 3.8) is 0 Å². The van der Waals surface area contributed by atoms with E-state index < -0.39 is 0 Å². The fourth-order valence-electron chi connectivity index (χ4n) is 2.48. The normalized spacial score (nSPS) is 10.8. The second-order valence-electron chi connectivity index (χ2n) is 6.21. The lowest BCUT2D eigenvalue weighted by molar-refractivity contribution is -0.144. The Bertz CT molecular complexity index is 911. The van der Waals surface area contributed by atoms with Gasteiger partial charge in [0, 0.05) is 16.6 Å². The zero-order valence-corrected chi connectivity index (χ0v) is 16.1. The maximum atomic E-state index is 12.0. The van der Waals surface area contributed by atoms with Crippen LogP contribution in [0.15, 0.2) is 28.1 Å². The number of aromatic nitrogens is 2. The molecule has 0 aliphatic heterocycles. The van der Waals surface area contributed by atoms with Crippen LogP contribution in [0, 0.1) is 27.7 Å². The van der Waals surface area contributed by atoms with E-state index in [0.717, 1.165) is 16.4 Å². The van der Waals surface area contributed by atoms with Crippen LogP contribution in [0.2, 0.25) is 0 Å². The summed E-state index contributed by atoms with van der Waals surface area (Å²) < 4.78 is 10.4. The zero-order chi connectivity index (χ0) is 18.7. The Morgan fingerprint density at radius 3 is 2.73 bits per heavy atom. The fraction of sp³-hybridized carbons (Fsp3) is 0.316. The Morgan fingerprint density at radius 2 is 2.04 bits per heavy atom. The SMILES string of the molecule is Cc1ccc(Nc2nc(COC(=O)Cc3c(C)noc3C)cs2)cc1C. The van der Waals surface area contributed by atoms with E-state index in [0.29, 0.717) is 17.1 Å². The van der Waals surface area contributed by atoms with E-state index >= 15 is 0 Å². The predicted octanol–water partition coefficient (Wildman–Crippen LogP) is 4.39. The van der Waals surface area contributed by atoms with Gasteiger partial charge < -0.3 is 14.6 Å². The first-order valence-corrected chi connectivity index (χ1v) is 9.16. The van der Waals surface area contributed by atoms with Gasteiger partial charge in [0.2, 0.25) is 0 Å². The van der Waals surface area contributed by atoms with Gasteiger partial charge in [-0.05, 0) is 51.0 Å². The predicted molar refractivity (Wildman–Crippen MR) is 101 cm³/mol. The molecule has 0 saturated carbocycles. The van der Waals surface area contributed by atoms with Crippen molar-refractivity contribution >= 4 is 28.1 Å². The van der Waals surface area contributed by atoms with Crippen molar-refractivity contribution in [1.82, 2.24) is 10.1 Å². The second-order valence-corrected chi connectivity index (χ2v) is 7.07. The summed E-state index contributed by atoms with van der Waals surface area (Å²) in [7, 11) is 0. The number of ether oxygens (including phenoxy) is 1. The summed E-state index contributed by atoms with van der Waals surface area (Å²) in [6.45, 7) is 7.90. The number of aryl methyl sites for hydroxylation is 4. The van der Waals surface area contributed by atoms with Crippen LogP contribution < -0.4 is 5.32 Å². The molecule has 0 unspecified atom stereocenters. The molecule has 0 radical (unpaired) electrons. The maximum Gasteiger partial charge on any atom is 0.310 e. The third-order valence-corrected chi connectivity index (χ3v) is 5.00. The molecule has 0 atom stereocenters. The van der Waals surface area contributed by atoms with E-state index in [4.69, 9.17) is 9.26 Å². The quantitative estimate of drug-likeness (QED) is 0.647. The number of esters is 1. The fourth-order valence-corrected chi connectivity index (χ4v) is 3.19. The number of anilines is 2. The molecule has 136 valence electrons. The molecular formula is C19H21N3O3S. The lowest BCUT2D eigenvalue weighted by Gasteiger charge is -2.06. The molecule has 0 amide bonds. The van der Waals surface area contributed by atoms with Gasteiger partial charge in [0.05, 0.1) is 17.8 Å². The molecule has 1 N–H and O–H groups in total. The second kappa shape index (κ2) is 7.70. The number of carbonyl (C=O) groups excluding carboxylic acids is 1. The topological polar surface area (TPSA) is 77.3 Å². The summed E-state index contributed by atoms with van der Waals surface area (Å²) in [6.07, 6.45) is 0.152. The Labute approximate surface area is 156 Å². The summed E-state index contributed by atoms with van der Waals surface area (Å²) in [5.41, 5.74) is 5.68. The van der Waals surface area contributed by atoms with E-state index in [1.165, 1.54) is 22.5 Å². The zero-order valence-electron chi connectivity index (χ0n) is 15.3. The summed E-state index contributed by atoms with van der Waals surface area (Å²) in [5, 5.41) is 9.77. The van der Waals surface area contributed by atoms with E-state index in [1.807, 2.05) is 18.4 Å². The highest BCUT2D eigenvalue weighted by Gasteiger charge is 2.15. The molecule has 0 spiro atoms. The molecule has 0 bridgehead atoms. The number of thiazole rings is 1. The third-order valence-electron chi connectivity index (χ3n) is 4.19. The molecule has 3 aromatic rings. The third kappa shape index (κ3) is 4.29. The molecule has 6 nitrogen and oxygen atoms in total. The first kappa shape index (κ1) is 18.1. The lowest BCUT2D eigenvalue weighted by atomic mass is 10.1. The number of nitrogens with zero attached hydrogens (tertiary/aromatic N) is 2. The molecule has 0 saturated heterocycles. The van der Waals surface area contributed by atoms with Gasteiger partial charge in [-0.15, -0.1) is 11.3 Å². The van der Waals surface area contributed by atoms with Crippen molar-refractivity contribution in [3.8, 4) is 0 Å². The molecule has 2 heterocycles. The van der Waals surface area contributed by atoms with Crippen molar-refractivity contribution in [2.45, 2.75) is 40.7 Å². The van der Waals surface area contributed by atoms with E-state index in [2.05, 4.69) is 41.4 Å². The number of rotatable bonds is 6. The number of nitrogens with one attached hydrogen (secondary N) is 1. The number of benzene rings is 1. The van der Waals surface area contributed by atoms with E-state index in [1.54, 1.807) is 6.92 Å². The average Bonchev–Trinajstić information content (AvgIpc) is 3.18. The lowest BCUT2D eigenvalue weighted by Crippen LogP contribution is -2.09. The molecule has 7 heteroatoms. The van der Waals surface area contributed by atoms with Crippen LogP contribution in [-0.4, -0.2) is 16.1 Å². The van der Waals surface area contributed by atoms with Gasteiger partial charge >= 0.3 is 5.97 Å². The Balaban J connectivity index is 1.55. The summed E-state index contributed by atoms with van der Waals surface area (Å²) in [5.74, 6) is 0.323. The maximum absolute atomic E-state index is 12.0. The molecule has 2 aromatic heterocycles. The van der Waals surface area contributed by atoms with Gasteiger partial charge in [0.1, 0.15) is 12.4 Å². The van der Waals surface area contributed by atoms with E-state index in [9.17, 15) is 4.79 Å². The van der Waals surface area contributed by atoms with E-state index in [-0.39, 0.29) is 19.0 Å². The van der Waals surface area contributed by atoms with Crippen molar-refractivity contribution in [2.24, 2.45) is 0 Å². The summed E-state index contributed by atoms with van der Waals surface area (Å²) in [4.78, 5) is 16.5. The van der Waals surface area contributed by atoms with Crippen LogP contribution in [0.25, 0.3) is 0 Å². The minimum absolute atomic E-state index is 0.146. The average molecular weight is 371 g/mol. The Morgan fingerprint density at radius 1 is 1.23 bits per heavy atom. The molecule has 0 fully saturated rings. The highest BCUT2D eigenvalue weighted by atomic mass is 32.1. The number of hydrogen-bond acceptors (Lipinski definition) is 7. The van der Waals surface area contributed by atoms with Crippen molar-refractivity contribution < 1.29 is 14.1 Å². The summed E-state index contributed by atoms with van der Waals surface area (Å²) >= 11 is 1.48. The van der Waals surface area contributed by atoms with Crippen LogP contribution in [0.3, 0.4) is 0 Å². The van der Waals surface area contributed by atoms with Crippen molar-refractivity contribution in [1.29, 1.82) is 0 Å². The number of carbonyl (C=O) groups is 1. The van der Waals surface area contributed by atoms with Crippen LogP contribution in [0.1, 0.15) is 33.8 Å². The van der Waals surface area contributed by atoms with Crippen LogP contribution in [-0.2, 0) is 22.6 Å². The molecule has 26 heavy (non-hydrogen) atoms. The molecule has 0 aliphatic rings. The summed E-state index contributed by atoms with van der Waals surface area (Å²) in [6, 6.07) is 6.18. The van der Waals surface area contributed by atoms with Crippen molar-refractivity contribution in [3.05, 3.63) is 57.4 Å². The van der Waals surface area contributed by atoms with Crippen LogP contribution >= 0.6 is 11.3 Å². The number of hydrogen-bond donors (Lipinski definition) is 1. The minimum atomic E-state index is -0.323. The molecular weight excluding hydrogens is 350 g/mol. The minimum Gasteiger partial charge on any atom is -0.459 e. The first-order valence-electron chi connectivity index (χ1n) is 8.28. The highest BCUT2D eigenvalue weighted by molar-refractivity contribution is 7.13. The monoisotopic (exact) mass is 371 g/mol. The van der Waals surface area contributed by atoms with Gasteiger partial charge in [-0.2, -0.15) is 0 Å². The van der Waals surface area contributed by atoms with Gasteiger partial charge in [-0.1, -0.05) is 11.2 Å². The molecule has 1 aromatic carbocycles. The first-order chi connectivity index (χ1) is 12.4. The standard InChI is InChI=1S/C19H21N3O3S/c1-11-5-6-15(7-12(11)2)20-19-21-16(10-26-19)9-24-18(23)8-17-13(3)22-25-14(17)4/h5-7,10H,8-9H2,1-4H3,(H,20,21). The van der Waals surface area contributed by atoms with Gasteiger partial charge in [-0.25, -0.2) is 4.98 Å².